The molecule has 3 aliphatic rings. The van der Waals surface area contributed by atoms with E-state index in [9.17, 15) is 32.3 Å². The first-order valence-electron chi connectivity index (χ1n) is 12.4. The zero-order chi connectivity index (χ0) is 29.1. The molecular formula is C28H20BrF4NO7. The molecule has 2 heterocycles. The molecule has 3 aromatic carbocycles. The van der Waals surface area contributed by atoms with Gasteiger partial charge in [-0.15, -0.1) is 8.78 Å². The zero-order valence-corrected chi connectivity index (χ0v) is 22.4. The molecule has 3 aromatic rings. The third kappa shape index (κ3) is 5.25. The van der Waals surface area contributed by atoms with Crippen molar-refractivity contribution in [3.05, 3.63) is 81.3 Å². The van der Waals surface area contributed by atoms with Gasteiger partial charge in [0, 0.05) is 22.5 Å². The summed E-state index contributed by atoms with van der Waals surface area (Å²) in [5.74, 6) is -2.57. The average Bonchev–Trinajstić information content (AvgIpc) is 3.61. The number of nitrogens with one attached hydrogen (secondary N) is 1. The number of ether oxygens (including phenoxy) is 4. The molecule has 1 saturated carbocycles. The maximum Gasteiger partial charge on any atom is 0.586 e. The molecule has 1 aliphatic carbocycles. The van der Waals surface area contributed by atoms with Crippen molar-refractivity contribution in [2.45, 2.75) is 49.7 Å². The highest BCUT2D eigenvalue weighted by Gasteiger charge is 2.51. The molecule has 1 amide bonds. The van der Waals surface area contributed by atoms with Gasteiger partial charge in [0.15, 0.2) is 11.5 Å². The number of carbonyl (C=O) groups excluding carboxylic acids is 1. The highest BCUT2D eigenvalue weighted by molar-refractivity contribution is 9.10. The Hall–Kier alpha value is -4.00. The Morgan fingerprint density at radius 1 is 1.00 bits per heavy atom. The summed E-state index contributed by atoms with van der Waals surface area (Å²) in [7, 11) is 0. The Kier molecular flexibility index (Phi) is 6.51. The van der Waals surface area contributed by atoms with Crippen LogP contribution in [0.5, 0.6) is 23.0 Å². The third-order valence-corrected chi connectivity index (χ3v) is 7.93. The van der Waals surface area contributed by atoms with Crippen LogP contribution in [0.4, 0.5) is 17.6 Å². The van der Waals surface area contributed by atoms with Gasteiger partial charge in [-0.3, -0.25) is 4.79 Å². The van der Waals surface area contributed by atoms with Gasteiger partial charge in [0.1, 0.15) is 17.6 Å². The molecule has 2 N–H and O–H groups in total. The van der Waals surface area contributed by atoms with E-state index in [1.54, 1.807) is 12.1 Å². The van der Waals surface area contributed by atoms with E-state index in [0.717, 1.165) is 0 Å². The summed E-state index contributed by atoms with van der Waals surface area (Å²) in [5, 5.41) is 12.3. The normalized spacial score (nSPS) is 21.0. The fourth-order valence-electron chi connectivity index (χ4n) is 5.16. The van der Waals surface area contributed by atoms with E-state index < -0.39 is 42.3 Å². The Bertz CT molecular complexity index is 1550. The molecule has 13 heteroatoms. The number of rotatable bonds is 7. The van der Waals surface area contributed by atoms with Gasteiger partial charge < -0.3 is 29.4 Å². The van der Waals surface area contributed by atoms with Crippen molar-refractivity contribution in [1.82, 2.24) is 5.32 Å². The van der Waals surface area contributed by atoms with E-state index in [2.05, 4.69) is 35.5 Å². The predicted molar refractivity (Wildman–Crippen MR) is 137 cm³/mol. The van der Waals surface area contributed by atoms with Gasteiger partial charge in [-0.2, -0.15) is 8.78 Å². The average molecular weight is 638 g/mol. The minimum absolute atomic E-state index is 0.0645. The number of hydrogen-bond donors (Lipinski definition) is 2. The molecule has 2 aliphatic heterocycles. The van der Waals surface area contributed by atoms with Crippen molar-refractivity contribution in [3.8, 4) is 23.0 Å². The molecule has 1 fully saturated rings. The number of benzene rings is 3. The lowest BCUT2D eigenvalue weighted by Gasteiger charge is -2.33. The summed E-state index contributed by atoms with van der Waals surface area (Å²) in [6.07, 6.45) is -3.28. The number of fused-ring (bicyclic) bond motifs is 2. The van der Waals surface area contributed by atoms with E-state index in [4.69, 9.17) is 4.74 Å². The molecule has 2 atom stereocenters. The molecule has 0 unspecified atom stereocenters. The zero-order valence-electron chi connectivity index (χ0n) is 20.8. The Labute approximate surface area is 238 Å². The smallest absolute Gasteiger partial charge is 0.485 e. The van der Waals surface area contributed by atoms with Crippen LogP contribution in [0.15, 0.2) is 59.1 Å². The van der Waals surface area contributed by atoms with Crippen LogP contribution in [-0.2, 0) is 10.3 Å². The fourth-order valence-corrected chi connectivity index (χ4v) is 5.87. The molecule has 0 bridgehead atoms. The first-order valence-corrected chi connectivity index (χ1v) is 13.2. The molecule has 0 spiro atoms. The van der Waals surface area contributed by atoms with E-state index in [1.165, 1.54) is 42.5 Å². The van der Waals surface area contributed by atoms with Crippen molar-refractivity contribution in [3.63, 3.8) is 0 Å². The highest BCUT2D eigenvalue weighted by Crippen LogP contribution is 2.54. The van der Waals surface area contributed by atoms with Crippen LogP contribution in [0.2, 0.25) is 0 Å². The number of aromatic carboxylic acids is 1. The standard InChI is InChI=1S/C28H20BrF4NO7/c29-19-12-23-22(40-28(32,33)41-23)11-18(19)27(7-8-27)34-24(35)17-10-20(13-1-3-14(4-2-13)25(36)37)39-21-9-15(38-26(30)31)5-6-16(17)21/h1-6,9,11-12,17,20,26H,7-8,10H2,(H,34,35)(H,36,37)/t17-,20-/m1/s1. The molecule has 0 aromatic heterocycles. The first-order chi connectivity index (χ1) is 19.4. The number of hydrogen-bond acceptors (Lipinski definition) is 6. The topological polar surface area (TPSA) is 103 Å². The second-order valence-electron chi connectivity index (χ2n) is 9.92. The number of carboxylic acid groups (broad SMARTS) is 1. The van der Waals surface area contributed by atoms with Gasteiger partial charge in [-0.25, -0.2) is 4.79 Å². The maximum atomic E-state index is 13.8. The van der Waals surface area contributed by atoms with Crippen molar-refractivity contribution in [2.24, 2.45) is 0 Å². The molecule has 0 radical (unpaired) electrons. The van der Waals surface area contributed by atoms with Crippen LogP contribution in [-0.4, -0.2) is 29.9 Å². The quantitative estimate of drug-likeness (QED) is 0.286. The number of amides is 1. The summed E-state index contributed by atoms with van der Waals surface area (Å²) in [6, 6.07) is 12.8. The molecular weight excluding hydrogens is 618 g/mol. The summed E-state index contributed by atoms with van der Waals surface area (Å²) in [6.45, 7) is -3.06. The van der Waals surface area contributed by atoms with Crippen molar-refractivity contribution < 1.29 is 51.2 Å². The summed E-state index contributed by atoms with van der Waals surface area (Å²) in [5.41, 5.74) is 0.776. The molecule has 214 valence electrons. The Morgan fingerprint density at radius 3 is 2.32 bits per heavy atom. The van der Waals surface area contributed by atoms with Crippen molar-refractivity contribution >= 4 is 27.8 Å². The Balaban J connectivity index is 1.31. The van der Waals surface area contributed by atoms with Gasteiger partial charge in [-0.05, 0) is 54.3 Å². The SMILES string of the molecule is O=C(O)c1ccc([C@H]2C[C@@H](C(=O)NC3(c4cc5c(cc4Br)OC(F)(F)O5)CC3)c3ccc(OC(F)F)cc3O2)cc1. The van der Waals surface area contributed by atoms with E-state index in [0.29, 0.717) is 34.0 Å². The van der Waals surface area contributed by atoms with Crippen LogP contribution >= 0.6 is 15.9 Å². The third-order valence-electron chi connectivity index (χ3n) is 7.27. The number of alkyl halides is 4. The second kappa shape index (κ2) is 9.82. The van der Waals surface area contributed by atoms with Crippen LogP contribution in [0.25, 0.3) is 0 Å². The fraction of sp³-hybridized carbons (Fsp3) is 0.286. The van der Waals surface area contributed by atoms with Gasteiger partial charge in [0.25, 0.3) is 0 Å². The van der Waals surface area contributed by atoms with Gasteiger partial charge in [-0.1, -0.05) is 34.1 Å². The van der Waals surface area contributed by atoms with Crippen LogP contribution in [0, 0.1) is 0 Å². The van der Waals surface area contributed by atoms with Crippen LogP contribution < -0.4 is 24.3 Å². The van der Waals surface area contributed by atoms with Crippen molar-refractivity contribution in [2.75, 3.05) is 0 Å². The summed E-state index contributed by atoms with van der Waals surface area (Å²) < 4.78 is 73.1. The van der Waals surface area contributed by atoms with E-state index in [1.807, 2.05) is 0 Å². The van der Waals surface area contributed by atoms with Crippen LogP contribution in [0.3, 0.4) is 0 Å². The van der Waals surface area contributed by atoms with Crippen LogP contribution in [0.1, 0.15) is 58.3 Å². The highest BCUT2D eigenvalue weighted by atomic mass is 79.9. The van der Waals surface area contributed by atoms with Gasteiger partial charge >= 0.3 is 18.9 Å². The number of carboxylic acids is 1. The molecule has 6 rings (SSSR count). The van der Waals surface area contributed by atoms with Gasteiger partial charge in [0.2, 0.25) is 5.91 Å². The predicted octanol–water partition coefficient (Wildman–Crippen LogP) is 6.48. The molecule has 8 nitrogen and oxygen atoms in total. The van der Waals surface area contributed by atoms with Gasteiger partial charge in [0.05, 0.1) is 17.0 Å². The lowest BCUT2D eigenvalue weighted by atomic mass is 9.86. The first kappa shape index (κ1) is 27.2. The summed E-state index contributed by atoms with van der Waals surface area (Å²) in [4.78, 5) is 25.1. The largest absolute Gasteiger partial charge is 0.586 e. The lowest BCUT2D eigenvalue weighted by Crippen LogP contribution is -2.40. The Morgan fingerprint density at radius 2 is 1.68 bits per heavy atom. The minimum Gasteiger partial charge on any atom is -0.485 e. The maximum absolute atomic E-state index is 13.8. The minimum atomic E-state index is -3.79. The monoisotopic (exact) mass is 637 g/mol. The number of carbonyl (C=O) groups is 2. The summed E-state index contributed by atoms with van der Waals surface area (Å²) >= 11 is 3.39. The van der Waals surface area contributed by atoms with E-state index >= 15 is 0 Å². The molecule has 41 heavy (non-hydrogen) atoms. The molecule has 0 saturated heterocycles. The second-order valence-corrected chi connectivity index (χ2v) is 10.8. The van der Waals surface area contributed by atoms with Crippen molar-refractivity contribution in [1.29, 1.82) is 0 Å². The number of halogens is 5. The van der Waals surface area contributed by atoms with E-state index in [-0.39, 0.29) is 35.0 Å². The lowest BCUT2D eigenvalue weighted by molar-refractivity contribution is -0.286.